The molecule has 5 nitrogen and oxygen atoms in total. The molecular formula is C15H16F3NO4. The third-order valence-electron chi connectivity index (χ3n) is 3.79. The second-order valence-electron chi connectivity index (χ2n) is 5.35. The third kappa shape index (κ3) is 4.37. The normalized spacial score (nSPS) is 21.8. The standard InChI is InChI=1S/C15H16F3NO4/c16-15(17,18)11-6-7-19(12(8-11)13(20)21)14(22)23-9-10-4-2-1-3-5-10/h1-5,11-12H,6-9H2,(H,20,21). The molecular weight excluding hydrogens is 315 g/mol. The lowest BCUT2D eigenvalue weighted by atomic mass is 9.90. The van der Waals surface area contributed by atoms with E-state index in [9.17, 15) is 22.8 Å². The van der Waals surface area contributed by atoms with E-state index in [-0.39, 0.29) is 19.6 Å². The Morgan fingerprint density at radius 2 is 1.91 bits per heavy atom. The lowest BCUT2D eigenvalue weighted by molar-refractivity contribution is -0.191. The van der Waals surface area contributed by atoms with Gasteiger partial charge in [-0.15, -0.1) is 0 Å². The zero-order chi connectivity index (χ0) is 17.0. The number of amides is 1. The molecule has 0 bridgehead atoms. The molecule has 1 aromatic rings. The molecule has 1 fully saturated rings. The number of halogens is 3. The maximum absolute atomic E-state index is 12.7. The maximum atomic E-state index is 12.7. The molecule has 1 saturated heterocycles. The molecule has 0 aromatic heterocycles. The first-order valence-corrected chi connectivity index (χ1v) is 7.06. The molecule has 0 radical (unpaired) electrons. The Balaban J connectivity index is 2.00. The van der Waals surface area contributed by atoms with Crippen molar-refractivity contribution in [2.24, 2.45) is 5.92 Å². The van der Waals surface area contributed by atoms with E-state index >= 15 is 0 Å². The lowest BCUT2D eigenvalue weighted by Crippen LogP contribution is -2.52. The van der Waals surface area contributed by atoms with Crippen LogP contribution in [-0.2, 0) is 16.1 Å². The number of carbonyl (C=O) groups is 2. The van der Waals surface area contributed by atoms with Gasteiger partial charge in [-0.1, -0.05) is 30.3 Å². The van der Waals surface area contributed by atoms with Crippen LogP contribution in [0.25, 0.3) is 0 Å². The second kappa shape index (κ2) is 6.89. The van der Waals surface area contributed by atoms with Crippen LogP contribution < -0.4 is 0 Å². The van der Waals surface area contributed by atoms with Crippen LogP contribution in [0.5, 0.6) is 0 Å². The molecule has 8 heteroatoms. The van der Waals surface area contributed by atoms with Crippen molar-refractivity contribution in [3.05, 3.63) is 35.9 Å². The van der Waals surface area contributed by atoms with E-state index in [1.807, 2.05) is 0 Å². The van der Waals surface area contributed by atoms with E-state index in [1.165, 1.54) is 0 Å². The van der Waals surface area contributed by atoms with E-state index in [1.54, 1.807) is 30.3 Å². The molecule has 1 aromatic carbocycles. The molecule has 2 rings (SSSR count). The van der Waals surface area contributed by atoms with E-state index in [2.05, 4.69) is 0 Å². The van der Waals surface area contributed by atoms with E-state index in [0.29, 0.717) is 5.56 Å². The van der Waals surface area contributed by atoms with Gasteiger partial charge in [0, 0.05) is 6.54 Å². The number of rotatable bonds is 3. The maximum Gasteiger partial charge on any atom is 0.410 e. The summed E-state index contributed by atoms with van der Waals surface area (Å²) >= 11 is 0. The molecule has 1 amide bonds. The Bertz CT molecular complexity index is 562. The molecule has 23 heavy (non-hydrogen) atoms. The first kappa shape index (κ1) is 17.1. The molecule has 1 aliphatic rings. The molecule has 0 aliphatic carbocycles. The van der Waals surface area contributed by atoms with Crippen LogP contribution in [0.2, 0.25) is 0 Å². The second-order valence-corrected chi connectivity index (χ2v) is 5.35. The number of hydrogen-bond acceptors (Lipinski definition) is 3. The van der Waals surface area contributed by atoms with Gasteiger partial charge in [0.2, 0.25) is 0 Å². The van der Waals surface area contributed by atoms with E-state index in [4.69, 9.17) is 9.84 Å². The average molecular weight is 331 g/mol. The number of carboxylic acids is 1. The Morgan fingerprint density at radius 1 is 1.26 bits per heavy atom. The zero-order valence-corrected chi connectivity index (χ0v) is 12.1. The van der Waals surface area contributed by atoms with Gasteiger partial charge in [0.05, 0.1) is 5.92 Å². The molecule has 126 valence electrons. The van der Waals surface area contributed by atoms with Crippen LogP contribution >= 0.6 is 0 Å². The number of benzene rings is 1. The number of nitrogens with zero attached hydrogens (tertiary/aromatic N) is 1. The van der Waals surface area contributed by atoms with Crippen molar-refractivity contribution < 1.29 is 32.6 Å². The third-order valence-corrected chi connectivity index (χ3v) is 3.79. The summed E-state index contributed by atoms with van der Waals surface area (Å²) in [6.07, 6.45) is -6.36. The molecule has 0 spiro atoms. The topological polar surface area (TPSA) is 66.8 Å². The number of likely N-dealkylation sites (tertiary alicyclic amines) is 1. The predicted octanol–water partition coefficient (Wildman–Crippen LogP) is 3.05. The monoisotopic (exact) mass is 331 g/mol. The molecule has 2 unspecified atom stereocenters. The SMILES string of the molecule is O=C(O)C1CC(C(F)(F)F)CCN1C(=O)OCc1ccccc1. The van der Waals surface area contributed by atoms with E-state index < -0.39 is 36.6 Å². The van der Waals surface area contributed by atoms with Gasteiger partial charge >= 0.3 is 18.2 Å². The van der Waals surface area contributed by atoms with Crippen LogP contribution in [-0.4, -0.2) is 40.8 Å². The van der Waals surface area contributed by atoms with Gasteiger partial charge in [0.15, 0.2) is 0 Å². The van der Waals surface area contributed by atoms with Crippen molar-refractivity contribution in [2.45, 2.75) is 31.7 Å². The zero-order valence-electron chi connectivity index (χ0n) is 12.1. The van der Waals surface area contributed by atoms with Crippen molar-refractivity contribution in [1.29, 1.82) is 0 Å². The molecule has 2 atom stereocenters. The highest BCUT2D eigenvalue weighted by molar-refractivity contribution is 5.80. The smallest absolute Gasteiger partial charge is 0.410 e. The van der Waals surface area contributed by atoms with Crippen LogP contribution in [0.15, 0.2) is 30.3 Å². The summed E-state index contributed by atoms with van der Waals surface area (Å²) in [6, 6.07) is 7.19. The predicted molar refractivity (Wildman–Crippen MR) is 73.5 cm³/mol. The minimum atomic E-state index is -4.46. The van der Waals surface area contributed by atoms with Crippen molar-refractivity contribution >= 4 is 12.1 Å². The number of aliphatic carboxylic acids is 1. The lowest BCUT2D eigenvalue weighted by Gasteiger charge is -2.36. The first-order chi connectivity index (χ1) is 10.8. The van der Waals surface area contributed by atoms with Gasteiger partial charge in [-0.25, -0.2) is 9.59 Å². The summed E-state index contributed by atoms with van der Waals surface area (Å²) in [4.78, 5) is 24.1. The number of piperidine rings is 1. The van der Waals surface area contributed by atoms with Crippen molar-refractivity contribution in [3.8, 4) is 0 Å². The highest BCUT2D eigenvalue weighted by atomic mass is 19.4. The van der Waals surface area contributed by atoms with Crippen molar-refractivity contribution in [2.75, 3.05) is 6.54 Å². The number of carbonyl (C=O) groups excluding carboxylic acids is 1. The number of ether oxygens (including phenoxy) is 1. The van der Waals surface area contributed by atoms with Crippen LogP contribution in [0.4, 0.5) is 18.0 Å². The molecule has 1 heterocycles. The van der Waals surface area contributed by atoms with Crippen LogP contribution in [0, 0.1) is 5.92 Å². The Morgan fingerprint density at radius 3 is 2.48 bits per heavy atom. The minimum absolute atomic E-state index is 0.0643. The number of hydrogen-bond donors (Lipinski definition) is 1. The number of carboxylic acid groups (broad SMARTS) is 1. The Hall–Kier alpha value is -2.25. The van der Waals surface area contributed by atoms with Gasteiger partial charge in [0.25, 0.3) is 0 Å². The summed E-state index contributed by atoms with van der Waals surface area (Å²) in [6.45, 7) is -0.361. The molecule has 1 aliphatic heterocycles. The minimum Gasteiger partial charge on any atom is -0.480 e. The fourth-order valence-electron chi connectivity index (χ4n) is 2.52. The molecule has 1 N–H and O–H groups in total. The van der Waals surface area contributed by atoms with Crippen LogP contribution in [0.3, 0.4) is 0 Å². The quantitative estimate of drug-likeness (QED) is 0.924. The first-order valence-electron chi connectivity index (χ1n) is 7.06. The summed E-state index contributed by atoms with van der Waals surface area (Å²) in [5.74, 6) is -3.18. The van der Waals surface area contributed by atoms with Crippen molar-refractivity contribution in [1.82, 2.24) is 4.90 Å². The van der Waals surface area contributed by atoms with Gasteiger partial charge in [0.1, 0.15) is 12.6 Å². The summed E-state index contributed by atoms with van der Waals surface area (Å²) in [5.41, 5.74) is 0.706. The van der Waals surface area contributed by atoms with Crippen molar-refractivity contribution in [3.63, 3.8) is 0 Å². The van der Waals surface area contributed by atoms with Gasteiger partial charge in [-0.3, -0.25) is 4.90 Å². The van der Waals surface area contributed by atoms with Gasteiger partial charge in [-0.05, 0) is 18.4 Å². The molecule has 0 saturated carbocycles. The largest absolute Gasteiger partial charge is 0.480 e. The van der Waals surface area contributed by atoms with E-state index in [0.717, 1.165) is 4.90 Å². The summed E-state index contributed by atoms with van der Waals surface area (Å²) in [7, 11) is 0. The Kier molecular flexibility index (Phi) is 5.12. The Labute approximate surface area is 130 Å². The average Bonchev–Trinajstić information content (AvgIpc) is 2.52. The highest BCUT2D eigenvalue weighted by Crippen LogP contribution is 2.36. The number of alkyl halides is 3. The summed E-state index contributed by atoms with van der Waals surface area (Å²) in [5, 5.41) is 9.11. The van der Waals surface area contributed by atoms with Gasteiger partial charge < -0.3 is 9.84 Å². The van der Waals surface area contributed by atoms with Crippen LogP contribution in [0.1, 0.15) is 18.4 Å². The fourth-order valence-corrected chi connectivity index (χ4v) is 2.52. The van der Waals surface area contributed by atoms with Gasteiger partial charge in [-0.2, -0.15) is 13.2 Å². The fraction of sp³-hybridized carbons (Fsp3) is 0.467. The highest BCUT2D eigenvalue weighted by Gasteiger charge is 2.47. The summed E-state index contributed by atoms with van der Waals surface area (Å²) < 4.78 is 43.3.